The second kappa shape index (κ2) is 11.0. The minimum absolute atomic E-state index is 0. The lowest BCUT2D eigenvalue weighted by Gasteiger charge is -2.18. The lowest BCUT2D eigenvalue weighted by molar-refractivity contribution is 0.172. The highest BCUT2D eigenvalue weighted by Gasteiger charge is 2.12. The van der Waals surface area contributed by atoms with Crippen molar-refractivity contribution >= 4 is 30.1 Å². The lowest BCUT2D eigenvalue weighted by Crippen LogP contribution is -2.25. The second-order valence-electron chi connectivity index (χ2n) is 5.88. The maximum atomic E-state index is 13.0. The van der Waals surface area contributed by atoms with Gasteiger partial charge in [0, 0.05) is 26.6 Å². The molecule has 2 aromatic carbocycles. The number of hydrogen-bond acceptors (Lipinski definition) is 4. The van der Waals surface area contributed by atoms with Crippen LogP contribution in [-0.4, -0.2) is 38.7 Å². The van der Waals surface area contributed by atoms with E-state index in [0.717, 1.165) is 5.56 Å². The number of hydrogen-bond donors (Lipinski definition) is 1. The van der Waals surface area contributed by atoms with Gasteiger partial charge in [-0.1, -0.05) is 23.7 Å². The van der Waals surface area contributed by atoms with Crippen LogP contribution in [0.25, 0.3) is 0 Å². The molecule has 1 atom stereocenters. The quantitative estimate of drug-likeness (QED) is 0.710. The number of halogens is 3. The summed E-state index contributed by atoms with van der Waals surface area (Å²) < 4.78 is 23.9. The van der Waals surface area contributed by atoms with Crippen molar-refractivity contribution in [1.82, 2.24) is 10.2 Å². The van der Waals surface area contributed by atoms with Crippen molar-refractivity contribution < 1.29 is 18.7 Å². The Balaban J connectivity index is 0.00000364. The smallest absolute Gasteiger partial charge is 0.414 e. The molecule has 2 aromatic rings. The third-order valence-corrected chi connectivity index (χ3v) is 4.05. The van der Waals surface area contributed by atoms with Crippen LogP contribution in [0, 0.1) is 5.82 Å². The zero-order valence-electron chi connectivity index (χ0n) is 15.4. The van der Waals surface area contributed by atoms with Gasteiger partial charge in [-0.3, -0.25) is 0 Å². The van der Waals surface area contributed by atoms with Crippen LogP contribution in [0.1, 0.15) is 18.0 Å². The van der Waals surface area contributed by atoms with E-state index in [0.29, 0.717) is 24.5 Å². The van der Waals surface area contributed by atoms with E-state index < -0.39 is 11.9 Å². The maximum Gasteiger partial charge on any atom is 0.414 e. The Bertz CT molecular complexity index is 742. The van der Waals surface area contributed by atoms with Crippen LogP contribution in [0.4, 0.5) is 9.18 Å². The van der Waals surface area contributed by atoms with Gasteiger partial charge in [0.15, 0.2) is 0 Å². The molecule has 0 radical (unpaired) electrons. The molecule has 8 heteroatoms. The molecule has 0 aliphatic rings. The lowest BCUT2D eigenvalue weighted by atomic mass is 10.0. The van der Waals surface area contributed by atoms with Gasteiger partial charge in [-0.25, -0.2) is 9.18 Å². The van der Waals surface area contributed by atoms with Gasteiger partial charge in [0.05, 0.1) is 11.6 Å². The van der Waals surface area contributed by atoms with Gasteiger partial charge in [0.2, 0.25) is 0 Å². The third-order valence-electron chi connectivity index (χ3n) is 3.76. The summed E-state index contributed by atoms with van der Waals surface area (Å²) >= 11 is 5.95. The largest absolute Gasteiger partial charge is 0.492 e. The van der Waals surface area contributed by atoms with E-state index in [9.17, 15) is 9.18 Å². The fourth-order valence-corrected chi connectivity index (χ4v) is 2.54. The van der Waals surface area contributed by atoms with Crippen molar-refractivity contribution in [2.24, 2.45) is 0 Å². The van der Waals surface area contributed by atoms with Crippen molar-refractivity contribution in [2.75, 3.05) is 27.7 Å². The van der Waals surface area contributed by atoms with Gasteiger partial charge in [0.25, 0.3) is 0 Å². The van der Waals surface area contributed by atoms with E-state index >= 15 is 0 Å². The highest BCUT2D eigenvalue weighted by molar-refractivity contribution is 6.32. The van der Waals surface area contributed by atoms with Crippen molar-refractivity contribution in [1.29, 1.82) is 0 Å². The summed E-state index contributed by atoms with van der Waals surface area (Å²) in [5.41, 5.74) is 1.03. The van der Waals surface area contributed by atoms with Crippen LogP contribution in [0.5, 0.6) is 11.5 Å². The van der Waals surface area contributed by atoms with Crippen LogP contribution in [0.3, 0.4) is 0 Å². The topological polar surface area (TPSA) is 50.8 Å². The van der Waals surface area contributed by atoms with Crippen LogP contribution in [-0.2, 0) is 0 Å². The first kappa shape index (κ1) is 23.0. The zero-order valence-corrected chi connectivity index (χ0v) is 16.9. The minimum Gasteiger partial charge on any atom is -0.492 e. The molecule has 1 N–H and O–H groups in total. The summed E-state index contributed by atoms with van der Waals surface area (Å²) in [7, 11) is 5.11. The molecule has 2 rings (SSSR count). The summed E-state index contributed by atoms with van der Waals surface area (Å²) in [6, 6.07) is 11.4. The Labute approximate surface area is 169 Å². The van der Waals surface area contributed by atoms with Crippen LogP contribution in [0.15, 0.2) is 42.5 Å². The van der Waals surface area contributed by atoms with E-state index in [1.165, 1.54) is 23.1 Å². The normalized spacial score (nSPS) is 11.3. The molecule has 1 unspecified atom stereocenters. The summed E-state index contributed by atoms with van der Waals surface area (Å²) in [4.78, 5) is 12.9. The molecule has 1 amide bonds. The summed E-state index contributed by atoms with van der Waals surface area (Å²) in [6.07, 6.45) is 0.258. The molecule has 27 heavy (non-hydrogen) atoms. The average Bonchev–Trinajstić information content (AvgIpc) is 2.61. The van der Waals surface area contributed by atoms with E-state index in [-0.39, 0.29) is 23.5 Å². The van der Waals surface area contributed by atoms with Crippen LogP contribution >= 0.6 is 24.0 Å². The Morgan fingerprint density at radius 1 is 1.22 bits per heavy atom. The van der Waals surface area contributed by atoms with E-state index in [1.807, 2.05) is 19.2 Å². The Hall–Kier alpha value is -2.02. The number of benzene rings is 2. The van der Waals surface area contributed by atoms with Gasteiger partial charge in [-0.15, -0.1) is 12.4 Å². The van der Waals surface area contributed by atoms with Gasteiger partial charge in [-0.05, 0) is 42.9 Å². The number of rotatable bonds is 7. The van der Waals surface area contributed by atoms with Gasteiger partial charge in [-0.2, -0.15) is 0 Å². The van der Waals surface area contributed by atoms with Crippen molar-refractivity contribution in [2.45, 2.75) is 12.5 Å². The molecule has 0 saturated heterocycles. The number of carbonyl (C=O) groups excluding carboxylic acids is 1. The highest BCUT2D eigenvalue weighted by atomic mass is 35.5. The first-order valence-corrected chi connectivity index (χ1v) is 8.52. The molecule has 0 fully saturated rings. The molecule has 0 bridgehead atoms. The van der Waals surface area contributed by atoms with E-state index in [1.54, 1.807) is 26.2 Å². The van der Waals surface area contributed by atoms with Crippen LogP contribution in [0.2, 0.25) is 5.02 Å². The molecule has 0 aliphatic carbocycles. The summed E-state index contributed by atoms with van der Waals surface area (Å²) in [5.74, 6) is 0.538. The zero-order chi connectivity index (χ0) is 19.1. The standard InChI is InChI=1S/C19H22ClFN2O3.ClH/c1-22-17(10-11-25-18-9-6-14(21)12-16(18)20)13-4-7-15(8-5-13)26-19(24)23(2)3;/h4-9,12,17,22H,10-11H2,1-3H3;1H. The van der Waals surface area contributed by atoms with E-state index in [4.69, 9.17) is 21.1 Å². The molecular formula is C19H23Cl2FN2O3. The molecule has 0 heterocycles. The number of ether oxygens (including phenoxy) is 2. The Morgan fingerprint density at radius 2 is 1.89 bits per heavy atom. The fourth-order valence-electron chi connectivity index (χ4n) is 2.32. The van der Waals surface area contributed by atoms with Crippen molar-refractivity contribution in [3.8, 4) is 11.5 Å². The van der Waals surface area contributed by atoms with Gasteiger partial charge >= 0.3 is 6.09 Å². The molecule has 148 valence electrons. The SMILES string of the molecule is CNC(CCOc1ccc(F)cc1Cl)c1ccc(OC(=O)N(C)C)cc1.Cl. The van der Waals surface area contributed by atoms with Crippen molar-refractivity contribution in [3.63, 3.8) is 0 Å². The molecule has 0 spiro atoms. The number of carbonyl (C=O) groups is 1. The van der Waals surface area contributed by atoms with E-state index in [2.05, 4.69) is 5.32 Å². The summed E-state index contributed by atoms with van der Waals surface area (Å²) in [5, 5.41) is 3.47. The van der Waals surface area contributed by atoms with Gasteiger partial charge in [0.1, 0.15) is 17.3 Å². The predicted octanol–water partition coefficient (Wildman–Crippen LogP) is 4.69. The first-order chi connectivity index (χ1) is 12.4. The predicted molar refractivity (Wildman–Crippen MR) is 107 cm³/mol. The Kier molecular flexibility index (Phi) is 9.35. The van der Waals surface area contributed by atoms with Crippen molar-refractivity contribution in [3.05, 3.63) is 58.9 Å². The summed E-state index contributed by atoms with van der Waals surface area (Å²) in [6.45, 7) is 0.411. The number of amides is 1. The van der Waals surface area contributed by atoms with Gasteiger partial charge < -0.3 is 19.7 Å². The molecule has 5 nitrogen and oxygen atoms in total. The monoisotopic (exact) mass is 416 g/mol. The molecule has 0 saturated carbocycles. The average molecular weight is 417 g/mol. The highest BCUT2D eigenvalue weighted by Crippen LogP contribution is 2.26. The Morgan fingerprint density at radius 3 is 2.44 bits per heavy atom. The molecule has 0 aromatic heterocycles. The fraction of sp³-hybridized carbons (Fsp3) is 0.316. The maximum absolute atomic E-state index is 13.0. The number of nitrogens with one attached hydrogen (secondary N) is 1. The molecular weight excluding hydrogens is 394 g/mol. The second-order valence-corrected chi connectivity index (χ2v) is 6.29. The minimum atomic E-state index is -0.424. The van der Waals surface area contributed by atoms with Crippen LogP contribution < -0.4 is 14.8 Å². The third kappa shape index (κ3) is 6.90. The first-order valence-electron chi connectivity index (χ1n) is 8.15. The number of nitrogens with zero attached hydrogens (tertiary/aromatic N) is 1. The molecule has 0 aliphatic heterocycles.